The van der Waals surface area contributed by atoms with E-state index in [0.29, 0.717) is 11.1 Å². The summed E-state index contributed by atoms with van der Waals surface area (Å²) in [5.74, 6) is -2.17. The summed E-state index contributed by atoms with van der Waals surface area (Å²) in [6.45, 7) is 4.51. The van der Waals surface area contributed by atoms with Crippen LogP contribution in [0.15, 0.2) is 35.2 Å². The first kappa shape index (κ1) is 21.8. The standard InChI is InChI=1S/C18H18ClFN2O5S/c1-9-6-12(7-16(10(9)2)28(21,25)26)18(24)27-11(3)17(23)22-15-5-4-13(20)8-14(15)19/h4-8,11H,1-3H3,(H,22,23)(H2,21,25,26). The van der Waals surface area contributed by atoms with Crippen LogP contribution in [0.4, 0.5) is 10.1 Å². The molecule has 1 amide bonds. The smallest absolute Gasteiger partial charge is 0.338 e. The number of rotatable bonds is 5. The van der Waals surface area contributed by atoms with Crippen LogP contribution in [0.3, 0.4) is 0 Å². The Morgan fingerprint density at radius 2 is 1.86 bits per heavy atom. The largest absolute Gasteiger partial charge is 0.449 e. The van der Waals surface area contributed by atoms with E-state index in [2.05, 4.69) is 5.32 Å². The van der Waals surface area contributed by atoms with E-state index in [-0.39, 0.29) is 21.2 Å². The molecule has 0 aliphatic heterocycles. The Morgan fingerprint density at radius 3 is 2.43 bits per heavy atom. The number of halogens is 2. The Kier molecular flexibility index (Phi) is 6.43. The molecule has 2 aromatic rings. The molecule has 3 N–H and O–H groups in total. The van der Waals surface area contributed by atoms with Crippen LogP contribution < -0.4 is 10.5 Å². The van der Waals surface area contributed by atoms with Crippen molar-refractivity contribution in [2.75, 3.05) is 5.32 Å². The van der Waals surface area contributed by atoms with Gasteiger partial charge in [0.1, 0.15) is 5.82 Å². The van der Waals surface area contributed by atoms with Crippen LogP contribution in [-0.2, 0) is 19.6 Å². The molecule has 0 fully saturated rings. The van der Waals surface area contributed by atoms with Gasteiger partial charge in [0.25, 0.3) is 5.91 Å². The molecular weight excluding hydrogens is 411 g/mol. The lowest BCUT2D eigenvalue weighted by Gasteiger charge is -2.15. The maximum atomic E-state index is 13.1. The fraction of sp³-hybridized carbons (Fsp3) is 0.222. The first-order chi connectivity index (χ1) is 12.9. The lowest BCUT2D eigenvalue weighted by molar-refractivity contribution is -0.123. The van der Waals surface area contributed by atoms with Crippen molar-refractivity contribution in [3.8, 4) is 0 Å². The predicted octanol–water partition coefficient (Wildman–Crippen LogP) is 2.93. The third kappa shape index (κ3) is 5.06. The van der Waals surface area contributed by atoms with Gasteiger partial charge in [0.05, 0.1) is 21.2 Å². The molecule has 1 atom stereocenters. The number of nitrogens with two attached hydrogens (primary N) is 1. The summed E-state index contributed by atoms with van der Waals surface area (Å²) in [5, 5.41) is 7.58. The summed E-state index contributed by atoms with van der Waals surface area (Å²) in [5.41, 5.74) is 1.02. The SMILES string of the molecule is Cc1cc(C(=O)OC(C)C(=O)Nc2ccc(F)cc2Cl)cc(S(N)(=O)=O)c1C. The Labute approximate surface area is 166 Å². The van der Waals surface area contributed by atoms with E-state index < -0.39 is 33.8 Å². The van der Waals surface area contributed by atoms with E-state index in [1.165, 1.54) is 19.1 Å². The number of sulfonamides is 1. The van der Waals surface area contributed by atoms with Crippen molar-refractivity contribution in [1.82, 2.24) is 0 Å². The van der Waals surface area contributed by atoms with Crippen LogP contribution in [0.1, 0.15) is 28.4 Å². The Bertz CT molecular complexity index is 1060. The number of anilines is 1. The molecule has 10 heteroatoms. The lowest BCUT2D eigenvalue weighted by Crippen LogP contribution is -2.30. The number of ether oxygens (including phenoxy) is 1. The second-order valence-corrected chi connectivity index (χ2v) is 8.06. The highest BCUT2D eigenvalue weighted by atomic mass is 35.5. The minimum absolute atomic E-state index is 0.0150. The van der Waals surface area contributed by atoms with Gasteiger partial charge in [0.15, 0.2) is 6.10 Å². The van der Waals surface area contributed by atoms with Gasteiger partial charge in [-0.2, -0.15) is 0 Å². The molecule has 0 saturated heterocycles. The number of carbonyl (C=O) groups excluding carboxylic acids is 2. The molecule has 0 saturated carbocycles. The maximum absolute atomic E-state index is 13.1. The second kappa shape index (κ2) is 8.26. The number of hydrogen-bond donors (Lipinski definition) is 2. The van der Waals surface area contributed by atoms with Crippen molar-refractivity contribution >= 4 is 39.2 Å². The number of hydrogen-bond acceptors (Lipinski definition) is 5. The number of esters is 1. The molecular formula is C18H18ClFN2O5S. The van der Waals surface area contributed by atoms with Gasteiger partial charge in [-0.1, -0.05) is 11.6 Å². The lowest BCUT2D eigenvalue weighted by atomic mass is 10.1. The van der Waals surface area contributed by atoms with Crippen LogP contribution in [0, 0.1) is 19.7 Å². The molecule has 0 spiro atoms. The van der Waals surface area contributed by atoms with Crippen molar-refractivity contribution in [3.05, 3.63) is 57.9 Å². The third-order valence-electron chi connectivity index (χ3n) is 4.00. The summed E-state index contributed by atoms with van der Waals surface area (Å²) < 4.78 is 41.5. The normalized spacial score (nSPS) is 12.4. The molecule has 0 heterocycles. The third-order valence-corrected chi connectivity index (χ3v) is 5.35. The van der Waals surface area contributed by atoms with Gasteiger partial charge in [0, 0.05) is 0 Å². The summed E-state index contributed by atoms with van der Waals surface area (Å²) in [6.07, 6.45) is -1.23. The van der Waals surface area contributed by atoms with Gasteiger partial charge in [-0.15, -0.1) is 0 Å². The average Bonchev–Trinajstić information content (AvgIpc) is 2.58. The van der Waals surface area contributed by atoms with Gasteiger partial charge in [-0.25, -0.2) is 22.7 Å². The van der Waals surface area contributed by atoms with E-state index in [1.807, 2.05) is 0 Å². The highest BCUT2D eigenvalue weighted by Crippen LogP contribution is 2.23. The zero-order chi connectivity index (χ0) is 21.2. The molecule has 28 heavy (non-hydrogen) atoms. The van der Waals surface area contributed by atoms with Crippen molar-refractivity contribution in [2.24, 2.45) is 5.14 Å². The number of aryl methyl sites for hydroxylation is 1. The van der Waals surface area contributed by atoms with E-state index in [9.17, 15) is 22.4 Å². The minimum Gasteiger partial charge on any atom is -0.449 e. The van der Waals surface area contributed by atoms with Crippen LogP contribution >= 0.6 is 11.6 Å². The highest BCUT2D eigenvalue weighted by Gasteiger charge is 2.23. The zero-order valence-corrected chi connectivity index (χ0v) is 16.8. The second-order valence-electron chi connectivity index (χ2n) is 6.12. The molecule has 0 bridgehead atoms. The van der Waals surface area contributed by atoms with Crippen LogP contribution in [0.2, 0.25) is 5.02 Å². The first-order valence-electron chi connectivity index (χ1n) is 8.01. The van der Waals surface area contributed by atoms with E-state index in [1.54, 1.807) is 13.8 Å². The zero-order valence-electron chi connectivity index (χ0n) is 15.2. The number of primary sulfonamides is 1. The fourth-order valence-corrected chi connectivity index (χ4v) is 3.44. The van der Waals surface area contributed by atoms with Gasteiger partial charge >= 0.3 is 5.97 Å². The Hall–Kier alpha value is -2.49. The van der Waals surface area contributed by atoms with Gasteiger partial charge in [-0.05, 0) is 62.2 Å². The van der Waals surface area contributed by atoms with Gasteiger partial charge < -0.3 is 10.1 Å². The average molecular weight is 429 g/mol. The molecule has 0 radical (unpaired) electrons. The van der Waals surface area contributed by atoms with Crippen molar-refractivity contribution < 1.29 is 27.1 Å². The molecule has 150 valence electrons. The Morgan fingerprint density at radius 1 is 1.21 bits per heavy atom. The van der Waals surface area contributed by atoms with E-state index in [4.69, 9.17) is 21.5 Å². The van der Waals surface area contributed by atoms with E-state index in [0.717, 1.165) is 18.2 Å². The van der Waals surface area contributed by atoms with Crippen molar-refractivity contribution in [1.29, 1.82) is 0 Å². The molecule has 0 aliphatic carbocycles. The van der Waals surface area contributed by atoms with Gasteiger partial charge in [0.2, 0.25) is 10.0 Å². The van der Waals surface area contributed by atoms with Crippen LogP contribution in [-0.4, -0.2) is 26.4 Å². The maximum Gasteiger partial charge on any atom is 0.338 e. The number of benzene rings is 2. The molecule has 7 nitrogen and oxygen atoms in total. The number of carbonyl (C=O) groups is 2. The summed E-state index contributed by atoms with van der Waals surface area (Å²) in [6, 6.07) is 5.95. The van der Waals surface area contributed by atoms with Crippen LogP contribution in [0.25, 0.3) is 0 Å². The summed E-state index contributed by atoms with van der Waals surface area (Å²) >= 11 is 5.84. The fourth-order valence-electron chi connectivity index (χ4n) is 2.35. The molecule has 0 aromatic heterocycles. The van der Waals surface area contributed by atoms with Crippen LogP contribution in [0.5, 0.6) is 0 Å². The summed E-state index contributed by atoms with van der Waals surface area (Å²) in [4.78, 5) is 24.4. The molecule has 0 aliphatic rings. The topological polar surface area (TPSA) is 116 Å². The molecule has 2 rings (SSSR count). The van der Waals surface area contributed by atoms with Crippen molar-refractivity contribution in [3.63, 3.8) is 0 Å². The molecule has 2 aromatic carbocycles. The minimum atomic E-state index is -4.04. The monoisotopic (exact) mass is 428 g/mol. The quantitative estimate of drug-likeness (QED) is 0.710. The van der Waals surface area contributed by atoms with Gasteiger partial charge in [-0.3, -0.25) is 4.79 Å². The number of nitrogens with one attached hydrogen (secondary N) is 1. The highest BCUT2D eigenvalue weighted by molar-refractivity contribution is 7.89. The van der Waals surface area contributed by atoms with E-state index >= 15 is 0 Å². The van der Waals surface area contributed by atoms with Crippen molar-refractivity contribution in [2.45, 2.75) is 31.8 Å². The molecule has 1 unspecified atom stereocenters. The summed E-state index contributed by atoms with van der Waals surface area (Å²) in [7, 11) is -4.04. The Balaban J connectivity index is 2.18. The first-order valence-corrected chi connectivity index (χ1v) is 9.93. The number of amides is 1. The predicted molar refractivity (Wildman–Crippen MR) is 102 cm³/mol.